The van der Waals surface area contributed by atoms with E-state index in [4.69, 9.17) is 4.74 Å². The van der Waals surface area contributed by atoms with E-state index >= 15 is 0 Å². The summed E-state index contributed by atoms with van der Waals surface area (Å²) in [5.74, 6) is -0.324. The number of phenolic OH excluding ortho intramolecular Hbond substituents is 1. The van der Waals surface area contributed by atoms with Crippen molar-refractivity contribution in [3.63, 3.8) is 0 Å². The number of nitro groups is 1. The lowest BCUT2D eigenvalue weighted by Crippen LogP contribution is -2.29. The SMILES string of the molecule is COc1ccc([C@H](NC(=O)c2ccc([N+](=O)[O-])c(O)c2)c2ccccc2)cc1. The maximum atomic E-state index is 12.7. The monoisotopic (exact) mass is 378 g/mol. The van der Waals surface area contributed by atoms with E-state index in [0.717, 1.165) is 23.3 Å². The second-order valence-electron chi connectivity index (χ2n) is 6.05. The zero-order valence-corrected chi connectivity index (χ0v) is 15.0. The topological polar surface area (TPSA) is 102 Å². The molecular weight excluding hydrogens is 360 g/mol. The van der Waals surface area contributed by atoms with Crippen LogP contribution in [0, 0.1) is 10.1 Å². The lowest BCUT2D eigenvalue weighted by atomic mass is 9.98. The van der Waals surface area contributed by atoms with Gasteiger partial charge in [0.05, 0.1) is 18.1 Å². The van der Waals surface area contributed by atoms with Gasteiger partial charge in [0.1, 0.15) is 5.75 Å². The van der Waals surface area contributed by atoms with Crippen LogP contribution in [0.5, 0.6) is 11.5 Å². The molecule has 7 nitrogen and oxygen atoms in total. The Kier molecular flexibility index (Phi) is 5.55. The van der Waals surface area contributed by atoms with Crippen LogP contribution in [0.1, 0.15) is 27.5 Å². The van der Waals surface area contributed by atoms with Gasteiger partial charge < -0.3 is 15.2 Å². The maximum absolute atomic E-state index is 12.7. The molecule has 0 spiro atoms. The van der Waals surface area contributed by atoms with Crippen LogP contribution in [0.3, 0.4) is 0 Å². The number of methoxy groups -OCH3 is 1. The molecule has 28 heavy (non-hydrogen) atoms. The quantitative estimate of drug-likeness (QED) is 0.501. The average Bonchev–Trinajstić information content (AvgIpc) is 2.72. The first-order chi connectivity index (χ1) is 13.5. The first-order valence-electron chi connectivity index (χ1n) is 8.46. The average molecular weight is 378 g/mol. The van der Waals surface area contributed by atoms with Gasteiger partial charge >= 0.3 is 5.69 Å². The van der Waals surface area contributed by atoms with E-state index in [9.17, 15) is 20.0 Å². The zero-order chi connectivity index (χ0) is 20.1. The predicted octanol–water partition coefficient (Wildman–Crippen LogP) is 3.83. The number of nitrogens with zero attached hydrogens (tertiary/aromatic N) is 1. The van der Waals surface area contributed by atoms with Crippen LogP contribution in [0.25, 0.3) is 0 Å². The first kappa shape index (κ1) is 18.9. The molecule has 0 aliphatic rings. The third kappa shape index (κ3) is 4.09. The molecule has 2 N–H and O–H groups in total. The number of ether oxygens (including phenoxy) is 1. The summed E-state index contributed by atoms with van der Waals surface area (Å²) in [5.41, 5.74) is 1.38. The highest BCUT2D eigenvalue weighted by Crippen LogP contribution is 2.28. The van der Waals surface area contributed by atoms with E-state index < -0.39 is 28.3 Å². The Morgan fingerprint density at radius 3 is 2.25 bits per heavy atom. The first-order valence-corrected chi connectivity index (χ1v) is 8.46. The molecule has 3 rings (SSSR count). The van der Waals surface area contributed by atoms with E-state index in [2.05, 4.69) is 5.32 Å². The van der Waals surface area contributed by atoms with E-state index in [1.54, 1.807) is 19.2 Å². The van der Waals surface area contributed by atoms with Gasteiger partial charge in [-0.2, -0.15) is 0 Å². The van der Waals surface area contributed by atoms with Crippen molar-refractivity contribution >= 4 is 11.6 Å². The summed E-state index contributed by atoms with van der Waals surface area (Å²) >= 11 is 0. The van der Waals surface area contributed by atoms with Crippen molar-refractivity contribution in [2.75, 3.05) is 7.11 Å². The summed E-state index contributed by atoms with van der Waals surface area (Å²) in [4.78, 5) is 22.9. The number of carbonyl (C=O) groups excluding carboxylic acids is 1. The van der Waals surface area contributed by atoms with E-state index in [0.29, 0.717) is 5.75 Å². The predicted molar refractivity (Wildman–Crippen MR) is 104 cm³/mol. The highest BCUT2D eigenvalue weighted by atomic mass is 16.6. The lowest BCUT2D eigenvalue weighted by molar-refractivity contribution is -0.385. The highest BCUT2D eigenvalue weighted by Gasteiger charge is 2.20. The molecule has 7 heteroatoms. The lowest BCUT2D eigenvalue weighted by Gasteiger charge is -2.20. The molecule has 0 radical (unpaired) electrons. The van der Waals surface area contributed by atoms with E-state index in [1.807, 2.05) is 42.5 Å². The molecule has 0 saturated carbocycles. The normalized spacial score (nSPS) is 11.5. The van der Waals surface area contributed by atoms with Crippen molar-refractivity contribution in [1.82, 2.24) is 5.32 Å². The zero-order valence-electron chi connectivity index (χ0n) is 15.0. The number of phenols is 1. The van der Waals surface area contributed by atoms with Crippen LogP contribution < -0.4 is 10.1 Å². The highest BCUT2D eigenvalue weighted by molar-refractivity contribution is 5.95. The number of nitrogens with one attached hydrogen (secondary N) is 1. The summed E-state index contributed by atoms with van der Waals surface area (Å²) in [6.45, 7) is 0. The number of hydrogen-bond acceptors (Lipinski definition) is 5. The number of nitro benzene ring substituents is 1. The third-order valence-corrected chi connectivity index (χ3v) is 4.29. The summed E-state index contributed by atoms with van der Waals surface area (Å²) in [7, 11) is 1.58. The summed E-state index contributed by atoms with van der Waals surface area (Å²) < 4.78 is 5.18. The van der Waals surface area contributed by atoms with Crippen LogP contribution in [-0.4, -0.2) is 23.0 Å². The van der Waals surface area contributed by atoms with Gasteiger partial charge in [0, 0.05) is 11.6 Å². The van der Waals surface area contributed by atoms with Crippen LogP contribution >= 0.6 is 0 Å². The van der Waals surface area contributed by atoms with Gasteiger partial charge in [-0.05, 0) is 35.4 Å². The van der Waals surface area contributed by atoms with Crippen molar-refractivity contribution in [3.8, 4) is 11.5 Å². The molecule has 0 fully saturated rings. The smallest absolute Gasteiger partial charge is 0.310 e. The molecule has 142 valence electrons. The second-order valence-corrected chi connectivity index (χ2v) is 6.05. The molecule has 0 heterocycles. The minimum atomic E-state index is -0.707. The van der Waals surface area contributed by atoms with Crippen molar-refractivity contribution in [3.05, 3.63) is 99.6 Å². The number of hydrogen-bond donors (Lipinski definition) is 2. The van der Waals surface area contributed by atoms with Gasteiger partial charge in [0.25, 0.3) is 5.91 Å². The standard InChI is InChI=1S/C21H18N2O5/c1-28-17-10-7-15(8-11-17)20(14-5-3-2-4-6-14)22-21(25)16-9-12-18(23(26)27)19(24)13-16/h2-13,20,24H,1H3,(H,22,25)/t20-/m1/s1. The summed E-state index contributed by atoms with van der Waals surface area (Å²) in [6, 6.07) is 19.8. The van der Waals surface area contributed by atoms with Gasteiger partial charge in [0.15, 0.2) is 5.75 Å². The van der Waals surface area contributed by atoms with Gasteiger partial charge in [-0.25, -0.2) is 0 Å². The molecule has 3 aromatic rings. The van der Waals surface area contributed by atoms with Gasteiger partial charge in [0.2, 0.25) is 0 Å². The molecule has 0 unspecified atom stereocenters. The molecule has 0 aliphatic carbocycles. The molecule has 0 aromatic heterocycles. The minimum Gasteiger partial charge on any atom is -0.502 e. The number of carbonyl (C=O) groups is 1. The summed E-state index contributed by atoms with van der Waals surface area (Å²) in [5, 5.41) is 23.6. The second kappa shape index (κ2) is 8.22. The van der Waals surface area contributed by atoms with Gasteiger partial charge in [-0.1, -0.05) is 42.5 Å². The third-order valence-electron chi connectivity index (χ3n) is 4.29. The molecular formula is C21H18N2O5. The number of benzene rings is 3. The number of amides is 1. The van der Waals surface area contributed by atoms with Crippen LogP contribution in [0.2, 0.25) is 0 Å². The van der Waals surface area contributed by atoms with Gasteiger partial charge in [-0.3, -0.25) is 14.9 Å². The minimum absolute atomic E-state index is 0.123. The van der Waals surface area contributed by atoms with Crippen molar-refractivity contribution in [2.24, 2.45) is 0 Å². The van der Waals surface area contributed by atoms with Crippen LogP contribution in [0.15, 0.2) is 72.8 Å². The maximum Gasteiger partial charge on any atom is 0.310 e. The largest absolute Gasteiger partial charge is 0.502 e. The van der Waals surface area contributed by atoms with Crippen molar-refractivity contribution < 1.29 is 19.6 Å². The van der Waals surface area contributed by atoms with Crippen LogP contribution in [0.4, 0.5) is 5.69 Å². The molecule has 0 aliphatic heterocycles. The fourth-order valence-corrected chi connectivity index (χ4v) is 2.83. The Balaban J connectivity index is 1.92. The fraction of sp³-hybridized carbons (Fsp3) is 0.0952. The van der Waals surface area contributed by atoms with Gasteiger partial charge in [-0.15, -0.1) is 0 Å². The Morgan fingerprint density at radius 2 is 1.68 bits per heavy atom. The molecule has 0 saturated heterocycles. The number of rotatable bonds is 6. The van der Waals surface area contributed by atoms with Crippen molar-refractivity contribution in [1.29, 1.82) is 0 Å². The van der Waals surface area contributed by atoms with E-state index in [-0.39, 0.29) is 5.56 Å². The molecule has 1 atom stereocenters. The summed E-state index contributed by atoms with van der Waals surface area (Å²) in [6.07, 6.45) is 0. The fourth-order valence-electron chi connectivity index (χ4n) is 2.83. The van der Waals surface area contributed by atoms with Crippen molar-refractivity contribution in [2.45, 2.75) is 6.04 Å². The Labute approximate surface area is 161 Å². The molecule has 3 aromatic carbocycles. The number of aromatic hydroxyl groups is 1. The van der Waals surface area contributed by atoms with E-state index in [1.165, 1.54) is 6.07 Å². The Hall–Kier alpha value is -3.87. The Morgan fingerprint density at radius 1 is 1.04 bits per heavy atom. The molecule has 0 bridgehead atoms. The molecule has 1 amide bonds. The van der Waals surface area contributed by atoms with Crippen LogP contribution in [-0.2, 0) is 0 Å². The Bertz CT molecular complexity index is 987.